The number of phosphoric acid groups is 1. The van der Waals surface area contributed by atoms with E-state index in [1.54, 1.807) is 6.08 Å². The standard InChI is InChI=1S/C41H72NO9P/c1-3-5-7-9-11-13-15-17-19-21-23-25-27-29-31-33-40(43)51-38(36-49-52(46,47)50-37-39(42)41(44)45)35-48-34-32-30-28-26-24-22-20-18-16-14-12-10-8-6-4-2/h5,7,11,13,17,19,23,25,29,31,38-39H,3-4,6,8-10,12,14-16,18,20-22,24,26-28,30,32-37,42H2,1-2H3,(H,44,45)(H,46,47)/b7-5-,13-11-,19-17-,25-23-,31-29-. The zero-order chi connectivity index (χ0) is 38.4. The van der Waals surface area contributed by atoms with Gasteiger partial charge < -0.3 is 25.2 Å². The second kappa shape index (κ2) is 37.0. The average Bonchev–Trinajstić information content (AvgIpc) is 3.12. The number of ether oxygens (including phenoxy) is 2. The lowest BCUT2D eigenvalue weighted by molar-refractivity contribution is -0.153. The number of hydrogen-bond acceptors (Lipinski definition) is 8. The molecule has 11 heteroatoms. The highest BCUT2D eigenvalue weighted by atomic mass is 31.2. The molecule has 0 aliphatic rings. The molecule has 0 saturated heterocycles. The van der Waals surface area contributed by atoms with Gasteiger partial charge in [-0.25, -0.2) is 4.57 Å². The van der Waals surface area contributed by atoms with Crippen LogP contribution in [0.3, 0.4) is 0 Å². The van der Waals surface area contributed by atoms with Crippen molar-refractivity contribution in [1.82, 2.24) is 0 Å². The van der Waals surface area contributed by atoms with Crippen molar-refractivity contribution < 1.29 is 42.7 Å². The summed E-state index contributed by atoms with van der Waals surface area (Å²) in [5.74, 6) is -1.92. The second-order valence-corrected chi connectivity index (χ2v) is 14.5. The lowest BCUT2D eigenvalue weighted by atomic mass is 10.0. The first-order valence-corrected chi connectivity index (χ1v) is 21.3. The minimum absolute atomic E-state index is 0.0177. The van der Waals surface area contributed by atoms with Gasteiger partial charge in [0.05, 0.1) is 26.2 Å². The monoisotopic (exact) mass is 753 g/mol. The Morgan fingerprint density at radius 3 is 1.50 bits per heavy atom. The summed E-state index contributed by atoms with van der Waals surface area (Å²) in [6, 6.07) is -1.49. The molecule has 4 N–H and O–H groups in total. The number of nitrogens with two attached hydrogens (primary N) is 1. The van der Waals surface area contributed by atoms with Gasteiger partial charge in [0.25, 0.3) is 0 Å². The summed E-state index contributed by atoms with van der Waals surface area (Å²) in [5.41, 5.74) is 5.33. The molecule has 0 aromatic carbocycles. The summed E-state index contributed by atoms with van der Waals surface area (Å²) in [6.45, 7) is 3.63. The van der Waals surface area contributed by atoms with E-state index < -0.39 is 45.1 Å². The van der Waals surface area contributed by atoms with Crippen LogP contribution in [0.4, 0.5) is 0 Å². The smallest absolute Gasteiger partial charge is 0.472 e. The third-order valence-electron chi connectivity index (χ3n) is 8.09. The van der Waals surface area contributed by atoms with Gasteiger partial charge in [-0.15, -0.1) is 0 Å². The summed E-state index contributed by atoms with van der Waals surface area (Å²) < 4.78 is 33.1. The van der Waals surface area contributed by atoms with Crippen LogP contribution in [0, 0.1) is 0 Å². The van der Waals surface area contributed by atoms with Crippen LogP contribution in [0.25, 0.3) is 0 Å². The van der Waals surface area contributed by atoms with E-state index >= 15 is 0 Å². The number of aliphatic carboxylic acids is 1. The van der Waals surface area contributed by atoms with E-state index in [1.165, 1.54) is 77.0 Å². The Morgan fingerprint density at radius 1 is 0.615 bits per heavy atom. The van der Waals surface area contributed by atoms with Gasteiger partial charge in [-0.05, 0) is 38.5 Å². The molecule has 0 amide bonds. The van der Waals surface area contributed by atoms with Gasteiger partial charge in [-0.2, -0.15) is 0 Å². The highest BCUT2D eigenvalue weighted by Crippen LogP contribution is 2.43. The maximum Gasteiger partial charge on any atom is 0.472 e. The molecule has 0 rings (SSSR count). The minimum Gasteiger partial charge on any atom is -0.480 e. The van der Waals surface area contributed by atoms with Gasteiger partial charge in [0.15, 0.2) is 0 Å². The minimum atomic E-state index is -4.64. The molecular weight excluding hydrogens is 681 g/mol. The van der Waals surface area contributed by atoms with Crippen molar-refractivity contribution in [3.63, 3.8) is 0 Å². The number of unbranched alkanes of at least 4 members (excludes halogenated alkanes) is 14. The third-order valence-corrected chi connectivity index (χ3v) is 9.05. The lowest BCUT2D eigenvalue weighted by Crippen LogP contribution is -2.34. The molecule has 0 bridgehead atoms. The molecule has 0 aliphatic heterocycles. The number of carboxylic acid groups (broad SMARTS) is 1. The fraction of sp³-hybridized carbons (Fsp3) is 0.707. The molecular formula is C41H72NO9P. The predicted molar refractivity (Wildman–Crippen MR) is 212 cm³/mol. The number of hydrogen-bond donors (Lipinski definition) is 3. The van der Waals surface area contributed by atoms with Crippen LogP contribution in [0.5, 0.6) is 0 Å². The first-order chi connectivity index (χ1) is 25.2. The Kier molecular flexibility index (Phi) is 35.3. The molecule has 3 atom stereocenters. The number of allylic oxidation sites excluding steroid dienone is 9. The predicted octanol–water partition coefficient (Wildman–Crippen LogP) is 10.5. The van der Waals surface area contributed by atoms with E-state index in [0.29, 0.717) is 13.0 Å². The molecule has 52 heavy (non-hydrogen) atoms. The molecule has 300 valence electrons. The van der Waals surface area contributed by atoms with E-state index in [2.05, 4.69) is 60.9 Å². The number of phosphoric ester groups is 1. The van der Waals surface area contributed by atoms with Crippen LogP contribution in [0.15, 0.2) is 60.8 Å². The molecule has 0 aliphatic carbocycles. The Labute approximate surface area is 315 Å². The first kappa shape index (κ1) is 49.7. The summed E-state index contributed by atoms with van der Waals surface area (Å²) in [4.78, 5) is 33.4. The molecule has 3 unspecified atom stereocenters. The number of rotatable bonds is 37. The van der Waals surface area contributed by atoms with Gasteiger partial charge in [0.2, 0.25) is 0 Å². The molecule has 0 fully saturated rings. The number of esters is 1. The van der Waals surface area contributed by atoms with Crippen molar-refractivity contribution in [3.05, 3.63) is 60.8 Å². The molecule has 10 nitrogen and oxygen atoms in total. The van der Waals surface area contributed by atoms with Crippen LogP contribution in [-0.4, -0.2) is 60.5 Å². The Morgan fingerprint density at radius 2 is 1.04 bits per heavy atom. The van der Waals surface area contributed by atoms with E-state index in [1.807, 2.05) is 12.2 Å². The van der Waals surface area contributed by atoms with Gasteiger partial charge in [0, 0.05) is 6.61 Å². The topological polar surface area (TPSA) is 155 Å². The fourth-order valence-corrected chi connectivity index (χ4v) is 5.81. The van der Waals surface area contributed by atoms with Gasteiger partial charge >= 0.3 is 19.8 Å². The zero-order valence-electron chi connectivity index (χ0n) is 32.4. The van der Waals surface area contributed by atoms with Crippen molar-refractivity contribution in [2.24, 2.45) is 5.73 Å². The third kappa shape index (κ3) is 36.0. The van der Waals surface area contributed by atoms with Crippen molar-refractivity contribution in [1.29, 1.82) is 0 Å². The van der Waals surface area contributed by atoms with Crippen LogP contribution in [-0.2, 0) is 32.7 Å². The summed E-state index contributed by atoms with van der Waals surface area (Å²) in [6.07, 6.45) is 43.0. The quantitative estimate of drug-likeness (QED) is 0.0242. The Balaban J connectivity index is 4.42. The summed E-state index contributed by atoms with van der Waals surface area (Å²) in [7, 11) is -4.64. The van der Waals surface area contributed by atoms with Crippen molar-refractivity contribution in [3.8, 4) is 0 Å². The Bertz CT molecular complexity index is 1060. The van der Waals surface area contributed by atoms with E-state index in [9.17, 15) is 19.0 Å². The van der Waals surface area contributed by atoms with Gasteiger partial charge in [-0.1, -0.05) is 164 Å². The van der Waals surface area contributed by atoms with Crippen LogP contribution in [0.2, 0.25) is 0 Å². The van der Waals surface area contributed by atoms with E-state index in [0.717, 1.165) is 44.9 Å². The van der Waals surface area contributed by atoms with Crippen molar-refractivity contribution in [2.45, 2.75) is 161 Å². The van der Waals surface area contributed by atoms with Gasteiger partial charge in [0.1, 0.15) is 12.1 Å². The molecule has 0 saturated carbocycles. The molecule has 0 aromatic rings. The summed E-state index contributed by atoms with van der Waals surface area (Å²) >= 11 is 0. The van der Waals surface area contributed by atoms with Gasteiger partial charge in [-0.3, -0.25) is 18.6 Å². The number of carbonyl (C=O) groups is 2. The molecule has 0 spiro atoms. The highest BCUT2D eigenvalue weighted by molar-refractivity contribution is 7.47. The number of carboxylic acids is 1. The normalized spacial score (nSPS) is 14.7. The van der Waals surface area contributed by atoms with Crippen LogP contribution < -0.4 is 5.73 Å². The Hall–Kier alpha value is -2.33. The van der Waals surface area contributed by atoms with Crippen molar-refractivity contribution >= 4 is 19.8 Å². The number of carbonyl (C=O) groups excluding carboxylic acids is 1. The molecule has 0 heterocycles. The maximum absolute atomic E-state index is 12.5. The van der Waals surface area contributed by atoms with Crippen molar-refractivity contribution in [2.75, 3.05) is 26.4 Å². The largest absolute Gasteiger partial charge is 0.480 e. The van der Waals surface area contributed by atoms with E-state index in [4.69, 9.17) is 24.8 Å². The average molecular weight is 754 g/mol. The lowest BCUT2D eigenvalue weighted by Gasteiger charge is -2.20. The maximum atomic E-state index is 12.5. The fourth-order valence-electron chi connectivity index (χ4n) is 5.03. The van der Waals surface area contributed by atoms with Crippen LogP contribution in [0.1, 0.15) is 149 Å². The first-order valence-electron chi connectivity index (χ1n) is 19.8. The van der Waals surface area contributed by atoms with E-state index in [-0.39, 0.29) is 13.0 Å². The summed E-state index contributed by atoms with van der Waals surface area (Å²) in [5, 5.41) is 8.87. The zero-order valence-corrected chi connectivity index (χ0v) is 33.3. The van der Waals surface area contributed by atoms with Crippen LogP contribution >= 0.6 is 7.82 Å². The molecule has 0 aromatic heterocycles. The highest BCUT2D eigenvalue weighted by Gasteiger charge is 2.27. The SMILES string of the molecule is CC/C=C\C/C=C\C/C=C\C/C=C\C/C=C\CC(=O)OC(COCCCCCCCCCCCCCCCCC)COP(=O)(O)OCC(N)C(=O)O. The second-order valence-electron chi connectivity index (χ2n) is 13.1. The molecule has 0 radical (unpaired) electrons.